The molecule has 0 bridgehead atoms. The molecule has 0 rings (SSSR count). The molecule has 0 aromatic heterocycles. The van der Waals surface area contributed by atoms with Crippen LogP contribution in [-0.4, -0.2) is 48.7 Å². The van der Waals surface area contributed by atoms with Crippen molar-refractivity contribution in [1.29, 1.82) is 0 Å². The highest BCUT2D eigenvalue weighted by Crippen LogP contribution is 2.13. The maximum atomic E-state index is 10.4. The number of aliphatic hydroxyl groups is 1. The van der Waals surface area contributed by atoms with Crippen molar-refractivity contribution in [1.82, 2.24) is 0 Å². The fourth-order valence-corrected chi connectivity index (χ4v) is 3.40. The van der Waals surface area contributed by atoms with Gasteiger partial charge in [0.1, 0.15) is 6.10 Å². The molecule has 0 fully saturated rings. The first kappa shape index (κ1) is 28.4. The number of carboxylic acid groups (broad SMARTS) is 1. The van der Waals surface area contributed by atoms with Crippen LogP contribution in [0, 0.1) is 0 Å². The zero-order chi connectivity index (χ0) is 21.4. The van der Waals surface area contributed by atoms with Crippen molar-refractivity contribution in [3.8, 4) is 0 Å². The van der Waals surface area contributed by atoms with Gasteiger partial charge in [0, 0.05) is 19.6 Å². The van der Waals surface area contributed by atoms with Gasteiger partial charge in [0.15, 0.2) is 0 Å². The van der Waals surface area contributed by atoms with Crippen LogP contribution in [0.2, 0.25) is 0 Å². The first-order valence-corrected chi connectivity index (χ1v) is 12.2. The Morgan fingerprint density at radius 1 is 0.724 bits per heavy atom. The van der Waals surface area contributed by atoms with Gasteiger partial charge in [0.2, 0.25) is 0 Å². The van der Waals surface area contributed by atoms with Crippen molar-refractivity contribution in [2.24, 2.45) is 0 Å². The van der Waals surface area contributed by atoms with E-state index in [1.165, 1.54) is 83.5 Å². The molecule has 174 valence electrons. The van der Waals surface area contributed by atoms with E-state index in [1.54, 1.807) is 0 Å². The summed E-state index contributed by atoms with van der Waals surface area (Å²) in [6, 6.07) is 0. The van der Waals surface area contributed by atoms with E-state index >= 15 is 0 Å². The van der Waals surface area contributed by atoms with Gasteiger partial charge < -0.3 is 19.7 Å². The number of carbonyl (C=O) groups is 1. The Morgan fingerprint density at radius 3 is 1.69 bits per heavy atom. The molecule has 0 saturated carbocycles. The standard InChI is InChI=1S/C24H48O5/c1-2-3-4-5-6-7-8-9-10-11-12-13-14-16-19-28-22-23(21-25)29-20-17-15-18-24(26)27/h23,25H,2-22H2,1H3,(H,26,27). The fourth-order valence-electron chi connectivity index (χ4n) is 3.40. The van der Waals surface area contributed by atoms with Gasteiger partial charge in [-0.05, 0) is 19.3 Å². The molecular weight excluding hydrogens is 368 g/mol. The highest BCUT2D eigenvalue weighted by molar-refractivity contribution is 5.66. The molecule has 0 aromatic rings. The average Bonchev–Trinajstić information content (AvgIpc) is 2.71. The molecule has 1 unspecified atom stereocenters. The fraction of sp³-hybridized carbons (Fsp3) is 0.958. The minimum Gasteiger partial charge on any atom is -0.481 e. The zero-order valence-corrected chi connectivity index (χ0v) is 19.0. The highest BCUT2D eigenvalue weighted by atomic mass is 16.5. The lowest BCUT2D eigenvalue weighted by Crippen LogP contribution is -2.24. The summed E-state index contributed by atoms with van der Waals surface area (Å²) in [5, 5.41) is 17.9. The second-order valence-corrected chi connectivity index (χ2v) is 8.20. The number of ether oxygens (including phenoxy) is 2. The van der Waals surface area contributed by atoms with Crippen molar-refractivity contribution < 1.29 is 24.5 Å². The van der Waals surface area contributed by atoms with E-state index in [9.17, 15) is 9.90 Å². The molecule has 0 aliphatic heterocycles. The van der Waals surface area contributed by atoms with Crippen molar-refractivity contribution in [2.75, 3.05) is 26.4 Å². The molecule has 0 spiro atoms. The maximum Gasteiger partial charge on any atom is 0.303 e. The summed E-state index contributed by atoms with van der Waals surface area (Å²) in [6.07, 6.45) is 20.0. The minimum atomic E-state index is -0.778. The molecule has 0 aliphatic rings. The van der Waals surface area contributed by atoms with E-state index in [1.807, 2.05) is 0 Å². The van der Waals surface area contributed by atoms with Gasteiger partial charge >= 0.3 is 5.97 Å². The monoisotopic (exact) mass is 416 g/mol. The number of unbranched alkanes of at least 4 members (excludes halogenated alkanes) is 14. The Bertz CT molecular complexity index is 335. The maximum absolute atomic E-state index is 10.4. The van der Waals surface area contributed by atoms with E-state index in [0.717, 1.165) is 13.0 Å². The molecule has 0 radical (unpaired) electrons. The summed E-state index contributed by atoms with van der Waals surface area (Å²) in [4.78, 5) is 10.4. The number of aliphatic hydroxyl groups excluding tert-OH is 1. The molecule has 29 heavy (non-hydrogen) atoms. The number of aliphatic carboxylic acids is 1. The van der Waals surface area contributed by atoms with Gasteiger partial charge in [0.05, 0.1) is 13.2 Å². The van der Waals surface area contributed by atoms with Gasteiger partial charge in [-0.2, -0.15) is 0 Å². The quantitative estimate of drug-likeness (QED) is 0.185. The summed E-state index contributed by atoms with van der Waals surface area (Å²) >= 11 is 0. The van der Waals surface area contributed by atoms with Crippen LogP contribution >= 0.6 is 0 Å². The summed E-state index contributed by atoms with van der Waals surface area (Å²) in [6.45, 7) is 3.81. The largest absolute Gasteiger partial charge is 0.481 e. The van der Waals surface area contributed by atoms with Crippen LogP contribution in [0.1, 0.15) is 116 Å². The Kier molecular flexibility index (Phi) is 23.1. The van der Waals surface area contributed by atoms with Crippen LogP contribution in [0.15, 0.2) is 0 Å². The molecule has 0 aromatic carbocycles. The van der Waals surface area contributed by atoms with E-state index < -0.39 is 5.97 Å². The van der Waals surface area contributed by atoms with E-state index in [4.69, 9.17) is 14.6 Å². The molecular formula is C24H48O5. The number of rotatable bonds is 24. The lowest BCUT2D eigenvalue weighted by atomic mass is 10.0. The Morgan fingerprint density at radius 2 is 1.21 bits per heavy atom. The summed E-state index contributed by atoms with van der Waals surface area (Å²) in [5.74, 6) is -0.778. The van der Waals surface area contributed by atoms with Gasteiger partial charge in [0.25, 0.3) is 0 Å². The third-order valence-corrected chi connectivity index (χ3v) is 5.29. The van der Waals surface area contributed by atoms with Crippen LogP contribution in [0.4, 0.5) is 0 Å². The third kappa shape index (κ3) is 23.5. The Labute approximate surface area is 179 Å². The molecule has 0 saturated heterocycles. The molecule has 0 aliphatic carbocycles. The smallest absolute Gasteiger partial charge is 0.303 e. The van der Waals surface area contributed by atoms with Gasteiger partial charge in [-0.25, -0.2) is 0 Å². The molecule has 2 N–H and O–H groups in total. The van der Waals surface area contributed by atoms with Gasteiger partial charge in [-0.1, -0.05) is 90.4 Å². The van der Waals surface area contributed by atoms with Crippen molar-refractivity contribution in [2.45, 2.75) is 122 Å². The number of hydrogen-bond acceptors (Lipinski definition) is 4. The van der Waals surface area contributed by atoms with Crippen LogP contribution in [-0.2, 0) is 14.3 Å². The third-order valence-electron chi connectivity index (χ3n) is 5.29. The second kappa shape index (κ2) is 23.6. The van der Waals surface area contributed by atoms with Crippen molar-refractivity contribution in [3.05, 3.63) is 0 Å². The average molecular weight is 417 g/mol. The second-order valence-electron chi connectivity index (χ2n) is 8.20. The molecule has 0 amide bonds. The van der Waals surface area contributed by atoms with Crippen LogP contribution in [0.5, 0.6) is 0 Å². The van der Waals surface area contributed by atoms with E-state index in [0.29, 0.717) is 26.1 Å². The normalized spacial score (nSPS) is 12.3. The Hall–Kier alpha value is -0.650. The lowest BCUT2D eigenvalue weighted by molar-refractivity contribution is -0.137. The minimum absolute atomic E-state index is 0.0579. The first-order chi connectivity index (χ1) is 14.2. The van der Waals surface area contributed by atoms with E-state index in [-0.39, 0.29) is 19.1 Å². The summed E-state index contributed by atoms with van der Waals surface area (Å²) < 4.78 is 11.1. The topological polar surface area (TPSA) is 76.0 Å². The van der Waals surface area contributed by atoms with Crippen LogP contribution in [0.25, 0.3) is 0 Å². The summed E-state index contributed by atoms with van der Waals surface area (Å²) in [7, 11) is 0. The van der Waals surface area contributed by atoms with Crippen molar-refractivity contribution >= 4 is 5.97 Å². The van der Waals surface area contributed by atoms with Crippen LogP contribution in [0.3, 0.4) is 0 Å². The lowest BCUT2D eigenvalue weighted by Gasteiger charge is -2.15. The predicted molar refractivity (Wildman–Crippen MR) is 119 cm³/mol. The molecule has 5 heteroatoms. The van der Waals surface area contributed by atoms with Crippen LogP contribution < -0.4 is 0 Å². The van der Waals surface area contributed by atoms with Crippen molar-refractivity contribution in [3.63, 3.8) is 0 Å². The summed E-state index contributed by atoms with van der Waals surface area (Å²) in [5.41, 5.74) is 0. The molecule has 5 nitrogen and oxygen atoms in total. The molecule has 0 heterocycles. The SMILES string of the molecule is CCCCCCCCCCCCCCCCOCC(CO)OCCCCC(=O)O. The predicted octanol–water partition coefficient (Wildman–Crippen LogP) is 6.12. The number of carboxylic acids is 1. The Balaban J connectivity index is 3.24. The number of hydrogen-bond donors (Lipinski definition) is 2. The molecule has 1 atom stereocenters. The van der Waals surface area contributed by atoms with Gasteiger partial charge in [-0.15, -0.1) is 0 Å². The van der Waals surface area contributed by atoms with Gasteiger partial charge in [-0.3, -0.25) is 4.79 Å². The zero-order valence-electron chi connectivity index (χ0n) is 19.0. The van der Waals surface area contributed by atoms with E-state index in [2.05, 4.69) is 6.92 Å². The highest BCUT2D eigenvalue weighted by Gasteiger charge is 2.08. The first-order valence-electron chi connectivity index (χ1n) is 12.2.